The second kappa shape index (κ2) is 12.6. The molecule has 2 aromatic carbocycles. The minimum absolute atomic E-state index is 0.235. The van der Waals surface area contributed by atoms with Crippen LogP contribution >= 0.6 is 0 Å². The number of hydrogen-bond acceptors (Lipinski definition) is 5. The van der Waals surface area contributed by atoms with Crippen LogP contribution in [0.5, 0.6) is 5.75 Å². The van der Waals surface area contributed by atoms with E-state index in [4.69, 9.17) is 9.47 Å². The Bertz CT molecular complexity index is 1330. The smallest absolute Gasteiger partial charge is 0.337 e. The second-order valence-electron chi connectivity index (χ2n) is 12.4. The van der Waals surface area contributed by atoms with E-state index in [1.165, 1.54) is 12.1 Å². The monoisotopic (exact) mass is 562 g/mol. The van der Waals surface area contributed by atoms with E-state index >= 15 is 0 Å². The zero-order valence-corrected chi connectivity index (χ0v) is 25.2. The number of benzene rings is 2. The van der Waals surface area contributed by atoms with Crippen molar-refractivity contribution in [3.05, 3.63) is 77.4 Å². The molecule has 220 valence electrons. The predicted molar refractivity (Wildman–Crippen MR) is 161 cm³/mol. The molecule has 3 aromatic rings. The van der Waals surface area contributed by atoms with E-state index in [-0.39, 0.29) is 11.2 Å². The van der Waals surface area contributed by atoms with Gasteiger partial charge in [0.05, 0.1) is 17.9 Å². The van der Waals surface area contributed by atoms with Crippen molar-refractivity contribution in [3.63, 3.8) is 0 Å². The van der Waals surface area contributed by atoms with Crippen LogP contribution < -0.4 is 9.64 Å². The highest BCUT2D eigenvalue weighted by Crippen LogP contribution is 2.43. The lowest BCUT2D eigenvalue weighted by atomic mass is 9.82. The Morgan fingerprint density at radius 2 is 1.73 bits per heavy atom. The lowest BCUT2D eigenvalue weighted by molar-refractivity contribution is -0.162. The van der Waals surface area contributed by atoms with Crippen molar-refractivity contribution >= 4 is 11.7 Å². The van der Waals surface area contributed by atoms with Crippen molar-refractivity contribution in [1.29, 1.82) is 0 Å². The van der Waals surface area contributed by atoms with Crippen molar-refractivity contribution in [3.8, 4) is 16.9 Å². The number of pyridine rings is 1. The van der Waals surface area contributed by atoms with Gasteiger partial charge in [0.2, 0.25) is 0 Å². The van der Waals surface area contributed by atoms with E-state index in [1.807, 2.05) is 58.2 Å². The van der Waals surface area contributed by atoms with Gasteiger partial charge in [-0.1, -0.05) is 45.0 Å². The van der Waals surface area contributed by atoms with Gasteiger partial charge >= 0.3 is 5.97 Å². The van der Waals surface area contributed by atoms with Crippen LogP contribution in [0.25, 0.3) is 11.1 Å². The first kappa shape index (κ1) is 30.5. The summed E-state index contributed by atoms with van der Waals surface area (Å²) in [6.45, 7) is 14.4. The molecular weight excluding hydrogens is 519 g/mol. The van der Waals surface area contributed by atoms with Crippen molar-refractivity contribution in [1.82, 2.24) is 4.98 Å². The molecule has 2 heterocycles. The molecule has 1 atom stereocenters. The molecule has 6 nitrogen and oxygen atoms in total. The van der Waals surface area contributed by atoms with Gasteiger partial charge in [-0.15, -0.1) is 0 Å². The molecule has 41 heavy (non-hydrogen) atoms. The highest BCUT2D eigenvalue weighted by atomic mass is 19.1. The van der Waals surface area contributed by atoms with Crippen LogP contribution in [0.3, 0.4) is 0 Å². The zero-order chi connectivity index (χ0) is 29.8. The first-order chi connectivity index (χ1) is 19.4. The van der Waals surface area contributed by atoms with Crippen LogP contribution in [0.2, 0.25) is 0 Å². The molecule has 1 saturated heterocycles. The molecule has 1 aliphatic heterocycles. The van der Waals surface area contributed by atoms with Gasteiger partial charge in [0, 0.05) is 42.5 Å². The average Bonchev–Trinajstić information content (AvgIpc) is 2.93. The van der Waals surface area contributed by atoms with Crippen LogP contribution in [-0.2, 0) is 16.0 Å². The Kier molecular flexibility index (Phi) is 9.37. The number of carbonyl (C=O) groups is 1. The normalized spacial score (nSPS) is 15.9. The summed E-state index contributed by atoms with van der Waals surface area (Å²) in [5.74, 6) is -0.534. The van der Waals surface area contributed by atoms with Crippen molar-refractivity contribution in [2.24, 2.45) is 5.41 Å². The summed E-state index contributed by atoms with van der Waals surface area (Å²) in [6, 6.07) is 14.3. The summed E-state index contributed by atoms with van der Waals surface area (Å²) in [6.07, 6.45) is 4.07. The van der Waals surface area contributed by atoms with E-state index in [0.29, 0.717) is 30.7 Å². The number of piperidine rings is 1. The number of aryl methyl sites for hydroxylation is 1. The minimum atomic E-state index is -1.14. The Morgan fingerprint density at radius 3 is 2.32 bits per heavy atom. The van der Waals surface area contributed by atoms with Gasteiger partial charge in [-0.3, -0.25) is 4.98 Å². The van der Waals surface area contributed by atoms with E-state index in [9.17, 15) is 14.3 Å². The maximum atomic E-state index is 13.2. The van der Waals surface area contributed by atoms with Crippen LogP contribution in [0.15, 0.2) is 54.7 Å². The SMILES string of the molecule is CCC(C)(C)O[C@H](C(=O)O)c1c(C)ncc(-c2ccc(OCCc3ccc(F)cc3)cc2)c1N1CCC(C)(C)CC1. The fourth-order valence-corrected chi connectivity index (χ4v) is 5.11. The summed E-state index contributed by atoms with van der Waals surface area (Å²) >= 11 is 0. The van der Waals surface area contributed by atoms with Crippen LogP contribution in [-0.4, -0.2) is 41.4 Å². The number of carboxylic acids is 1. The van der Waals surface area contributed by atoms with Gasteiger partial charge < -0.3 is 19.5 Å². The molecule has 7 heteroatoms. The summed E-state index contributed by atoms with van der Waals surface area (Å²) < 4.78 is 25.4. The van der Waals surface area contributed by atoms with Crippen molar-refractivity contribution in [2.45, 2.75) is 78.9 Å². The van der Waals surface area contributed by atoms with Gasteiger partial charge in [0.1, 0.15) is 11.6 Å². The maximum Gasteiger partial charge on any atom is 0.337 e. The van der Waals surface area contributed by atoms with E-state index in [1.54, 1.807) is 12.1 Å². The van der Waals surface area contributed by atoms with Crippen LogP contribution in [0.4, 0.5) is 10.1 Å². The molecule has 0 amide bonds. The molecule has 1 aromatic heterocycles. The molecule has 1 N–H and O–H groups in total. The lowest BCUT2D eigenvalue weighted by Crippen LogP contribution is -2.39. The van der Waals surface area contributed by atoms with Crippen molar-refractivity contribution in [2.75, 3.05) is 24.6 Å². The molecule has 1 aliphatic rings. The van der Waals surface area contributed by atoms with Gasteiger partial charge in [0.15, 0.2) is 6.10 Å². The highest BCUT2D eigenvalue weighted by Gasteiger charge is 2.36. The number of aromatic nitrogens is 1. The number of anilines is 1. The number of rotatable bonds is 11. The number of hydrogen-bond donors (Lipinski definition) is 1. The summed E-state index contributed by atoms with van der Waals surface area (Å²) in [7, 11) is 0. The van der Waals surface area contributed by atoms with Gasteiger partial charge in [0.25, 0.3) is 0 Å². The maximum absolute atomic E-state index is 13.2. The quantitative estimate of drug-likeness (QED) is 0.257. The number of aliphatic carboxylic acids is 1. The third-order valence-electron chi connectivity index (χ3n) is 8.23. The molecule has 0 bridgehead atoms. The zero-order valence-electron chi connectivity index (χ0n) is 25.2. The molecule has 0 radical (unpaired) electrons. The number of ether oxygens (including phenoxy) is 2. The van der Waals surface area contributed by atoms with E-state index < -0.39 is 17.7 Å². The summed E-state index contributed by atoms with van der Waals surface area (Å²) in [5, 5.41) is 10.4. The lowest BCUT2D eigenvalue weighted by Gasteiger charge is -2.41. The standard InChI is InChI=1S/C34H43FN2O4/c1-7-34(5,6)41-31(32(38)39)29-23(2)36-22-28(30(29)37-19-17-33(3,4)18-20-37)25-10-14-27(15-11-25)40-21-16-24-8-12-26(35)13-9-24/h8-15,22,31H,7,16-21H2,1-6H3,(H,38,39)/t31-/m0/s1. The molecule has 0 spiro atoms. The van der Waals surface area contributed by atoms with E-state index in [2.05, 4.69) is 23.7 Å². The topological polar surface area (TPSA) is 71.9 Å². The van der Waals surface area contributed by atoms with Gasteiger partial charge in [-0.2, -0.15) is 0 Å². The predicted octanol–water partition coefficient (Wildman–Crippen LogP) is 7.77. The van der Waals surface area contributed by atoms with Gasteiger partial charge in [-0.05, 0) is 80.8 Å². The minimum Gasteiger partial charge on any atom is -0.493 e. The molecule has 1 fully saturated rings. The summed E-state index contributed by atoms with van der Waals surface area (Å²) in [5.41, 5.74) is 4.62. The number of halogens is 1. The van der Waals surface area contributed by atoms with Crippen molar-refractivity contribution < 1.29 is 23.8 Å². The third kappa shape index (κ3) is 7.64. The molecule has 0 aliphatic carbocycles. The fourth-order valence-electron chi connectivity index (χ4n) is 5.11. The first-order valence-corrected chi connectivity index (χ1v) is 14.5. The Hall–Kier alpha value is -3.45. The first-order valence-electron chi connectivity index (χ1n) is 14.5. The number of carboxylic acid groups (broad SMARTS) is 1. The summed E-state index contributed by atoms with van der Waals surface area (Å²) in [4.78, 5) is 19.7. The third-order valence-corrected chi connectivity index (χ3v) is 8.23. The Labute approximate surface area is 243 Å². The van der Waals surface area contributed by atoms with Crippen LogP contribution in [0, 0.1) is 18.2 Å². The van der Waals surface area contributed by atoms with Gasteiger partial charge in [-0.25, -0.2) is 9.18 Å². The number of nitrogens with zero attached hydrogens (tertiary/aromatic N) is 2. The molecule has 0 unspecified atom stereocenters. The van der Waals surface area contributed by atoms with Crippen LogP contribution in [0.1, 0.15) is 76.8 Å². The van der Waals surface area contributed by atoms with E-state index in [0.717, 1.165) is 54.1 Å². The average molecular weight is 563 g/mol. The largest absolute Gasteiger partial charge is 0.493 e. The molecule has 4 rings (SSSR count). The fraction of sp³-hybridized carbons (Fsp3) is 0.471. The second-order valence-corrected chi connectivity index (χ2v) is 12.4. The molecule has 0 saturated carbocycles. The Morgan fingerprint density at radius 1 is 1.10 bits per heavy atom. The Balaban J connectivity index is 1.68. The molecular formula is C34H43FN2O4. The highest BCUT2D eigenvalue weighted by molar-refractivity contribution is 5.86.